The number of piperazine rings is 1. The zero-order valence-electron chi connectivity index (χ0n) is 18.4. The van der Waals surface area contributed by atoms with E-state index in [1.54, 1.807) is 6.07 Å². The highest BCUT2D eigenvalue weighted by atomic mass is 19.4. The first-order chi connectivity index (χ1) is 14.8. The number of alkyl halides is 3. The Labute approximate surface area is 182 Å². The fourth-order valence-electron chi connectivity index (χ4n) is 4.70. The Morgan fingerprint density at radius 1 is 1.10 bits per heavy atom. The van der Waals surface area contributed by atoms with Crippen molar-refractivity contribution in [1.29, 1.82) is 0 Å². The minimum Gasteiger partial charge on any atom is -0.369 e. The third kappa shape index (κ3) is 5.41. The van der Waals surface area contributed by atoms with Crippen molar-refractivity contribution in [2.45, 2.75) is 51.5 Å². The Kier molecular flexibility index (Phi) is 6.57. The maximum absolute atomic E-state index is 13.0. The Bertz CT molecular complexity index is 855. The summed E-state index contributed by atoms with van der Waals surface area (Å²) < 4.78 is 41.1. The molecule has 2 aromatic rings. The molecular formula is C23H32F3N5. The van der Waals surface area contributed by atoms with E-state index in [9.17, 15) is 13.2 Å². The highest BCUT2D eigenvalue weighted by Crippen LogP contribution is 2.32. The third-order valence-electron chi connectivity index (χ3n) is 6.44. The summed E-state index contributed by atoms with van der Waals surface area (Å²) in [5.74, 6) is 0. The molecule has 3 heterocycles. The van der Waals surface area contributed by atoms with Gasteiger partial charge in [0.25, 0.3) is 0 Å². The van der Waals surface area contributed by atoms with Crippen LogP contribution in [0.5, 0.6) is 0 Å². The first kappa shape index (κ1) is 22.1. The number of aromatic nitrogens is 2. The standard InChI is InChI=1S/C23H32F3N5/c1-18(2)31-16-19(14-27-31)15-28-8-4-7-22(17-28)30-11-9-29(10-12-30)21-6-3-5-20(13-21)23(24,25)26/h3,5-6,13-14,16,18,22H,4,7-12,15,17H2,1-2H3/t22-/m1/s1. The Hall–Kier alpha value is -2.06. The molecule has 0 bridgehead atoms. The van der Waals surface area contributed by atoms with Crippen molar-refractivity contribution in [3.63, 3.8) is 0 Å². The van der Waals surface area contributed by atoms with Gasteiger partial charge in [0, 0.05) is 68.8 Å². The molecule has 2 fully saturated rings. The van der Waals surface area contributed by atoms with Crippen molar-refractivity contribution in [1.82, 2.24) is 19.6 Å². The average molecular weight is 436 g/mol. The van der Waals surface area contributed by atoms with Gasteiger partial charge in [0.1, 0.15) is 0 Å². The van der Waals surface area contributed by atoms with E-state index in [-0.39, 0.29) is 0 Å². The minimum absolute atomic E-state index is 0.371. The van der Waals surface area contributed by atoms with E-state index in [2.05, 4.69) is 39.8 Å². The molecule has 5 nitrogen and oxygen atoms in total. The van der Waals surface area contributed by atoms with Gasteiger partial charge in [-0.3, -0.25) is 14.5 Å². The van der Waals surface area contributed by atoms with E-state index >= 15 is 0 Å². The minimum atomic E-state index is -4.30. The average Bonchev–Trinajstić information content (AvgIpc) is 3.22. The van der Waals surface area contributed by atoms with Crippen LogP contribution in [0, 0.1) is 0 Å². The maximum Gasteiger partial charge on any atom is 0.416 e. The van der Waals surface area contributed by atoms with Gasteiger partial charge in [0.2, 0.25) is 0 Å². The molecule has 0 spiro atoms. The van der Waals surface area contributed by atoms with Gasteiger partial charge in [-0.25, -0.2) is 0 Å². The molecule has 2 aliphatic heterocycles. The van der Waals surface area contributed by atoms with E-state index < -0.39 is 11.7 Å². The number of nitrogens with zero attached hydrogens (tertiary/aromatic N) is 5. The van der Waals surface area contributed by atoms with Gasteiger partial charge < -0.3 is 4.90 Å². The second kappa shape index (κ2) is 9.20. The van der Waals surface area contributed by atoms with Crippen molar-refractivity contribution in [3.05, 3.63) is 47.8 Å². The molecule has 170 valence electrons. The van der Waals surface area contributed by atoms with Crippen LogP contribution in [-0.4, -0.2) is 64.9 Å². The summed E-state index contributed by atoms with van der Waals surface area (Å²) in [5.41, 5.74) is 1.35. The van der Waals surface area contributed by atoms with Crippen molar-refractivity contribution in [3.8, 4) is 0 Å². The Morgan fingerprint density at radius 3 is 2.55 bits per heavy atom. The zero-order chi connectivity index (χ0) is 22.0. The lowest BCUT2D eigenvalue weighted by molar-refractivity contribution is -0.137. The summed E-state index contributed by atoms with van der Waals surface area (Å²) in [7, 11) is 0. The zero-order valence-corrected chi connectivity index (χ0v) is 18.4. The summed E-state index contributed by atoms with van der Waals surface area (Å²) >= 11 is 0. The van der Waals surface area contributed by atoms with Crippen LogP contribution in [0.3, 0.4) is 0 Å². The van der Waals surface area contributed by atoms with Crippen molar-refractivity contribution >= 4 is 5.69 Å². The first-order valence-electron chi connectivity index (χ1n) is 11.2. The monoisotopic (exact) mass is 435 g/mol. The maximum atomic E-state index is 13.0. The highest BCUT2D eigenvalue weighted by Gasteiger charge is 2.32. The van der Waals surface area contributed by atoms with E-state index in [1.165, 1.54) is 30.5 Å². The second-order valence-electron chi connectivity index (χ2n) is 9.02. The predicted octanol–water partition coefficient (Wildman–Crippen LogP) is 4.27. The quantitative estimate of drug-likeness (QED) is 0.701. The van der Waals surface area contributed by atoms with Crippen LogP contribution in [0.25, 0.3) is 0 Å². The number of halogens is 3. The van der Waals surface area contributed by atoms with Gasteiger partial charge in [0.05, 0.1) is 11.8 Å². The summed E-state index contributed by atoms with van der Waals surface area (Å²) in [5, 5.41) is 4.45. The lowest BCUT2D eigenvalue weighted by Gasteiger charge is -2.44. The topological polar surface area (TPSA) is 27.5 Å². The first-order valence-corrected chi connectivity index (χ1v) is 11.2. The number of likely N-dealkylation sites (tertiary alicyclic amines) is 1. The van der Waals surface area contributed by atoms with Crippen molar-refractivity contribution in [2.24, 2.45) is 0 Å². The van der Waals surface area contributed by atoms with Crippen LogP contribution < -0.4 is 4.90 Å². The highest BCUT2D eigenvalue weighted by molar-refractivity contribution is 5.49. The van der Waals surface area contributed by atoms with Gasteiger partial charge in [0.15, 0.2) is 0 Å². The molecule has 8 heteroatoms. The number of hydrogen-bond donors (Lipinski definition) is 0. The molecule has 0 N–H and O–H groups in total. The summed E-state index contributed by atoms with van der Waals surface area (Å²) in [6.07, 6.45) is 2.18. The third-order valence-corrected chi connectivity index (χ3v) is 6.44. The summed E-state index contributed by atoms with van der Waals surface area (Å²) in [4.78, 5) is 7.11. The molecule has 0 radical (unpaired) electrons. The molecule has 2 aliphatic rings. The number of hydrogen-bond acceptors (Lipinski definition) is 4. The summed E-state index contributed by atoms with van der Waals surface area (Å²) in [6.45, 7) is 10.6. The van der Waals surface area contributed by atoms with E-state index in [0.717, 1.165) is 51.9 Å². The van der Waals surface area contributed by atoms with Gasteiger partial charge in [-0.05, 0) is 51.4 Å². The van der Waals surface area contributed by atoms with Gasteiger partial charge in [-0.1, -0.05) is 6.07 Å². The van der Waals surface area contributed by atoms with Gasteiger partial charge in [-0.2, -0.15) is 18.3 Å². The molecule has 31 heavy (non-hydrogen) atoms. The number of piperidine rings is 1. The van der Waals surface area contributed by atoms with E-state index in [1.807, 2.05) is 10.9 Å². The lowest BCUT2D eigenvalue weighted by Crippen LogP contribution is -2.55. The summed E-state index contributed by atoms with van der Waals surface area (Å²) in [6, 6.07) is 6.58. The molecule has 2 saturated heterocycles. The molecule has 0 amide bonds. The van der Waals surface area contributed by atoms with Crippen LogP contribution in [-0.2, 0) is 12.7 Å². The molecule has 1 aromatic heterocycles. The van der Waals surface area contributed by atoms with Crippen LogP contribution in [0.1, 0.15) is 43.9 Å². The van der Waals surface area contributed by atoms with Crippen LogP contribution >= 0.6 is 0 Å². The Balaban J connectivity index is 1.31. The number of benzene rings is 1. The molecular weight excluding hydrogens is 403 g/mol. The predicted molar refractivity (Wildman–Crippen MR) is 116 cm³/mol. The van der Waals surface area contributed by atoms with Crippen LogP contribution in [0.15, 0.2) is 36.7 Å². The van der Waals surface area contributed by atoms with Gasteiger partial charge >= 0.3 is 6.18 Å². The fraction of sp³-hybridized carbons (Fsp3) is 0.609. The molecule has 1 aromatic carbocycles. The fourth-order valence-corrected chi connectivity index (χ4v) is 4.70. The Morgan fingerprint density at radius 2 is 1.87 bits per heavy atom. The van der Waals surface area contributed by atoms with E-state index in [0.29, 0.717) is 17.8 Å². The largest absolute Gasteiger partial charge is 0.416 e. The molecule has 1 atom stereocenters. The molecule has 0 unspecified atom stereocenters. The van der Waals surface area contributed by atoms with Crippen LogP contribution in [0.4, 0.5) is 18.9 Å². The SMILES string of the molecule is CC(C)n1cc(CN2CCC[C@@H](N3CCN(c4cccc(C(F)(F)F)c4)CC3)C2)cn1. The smallest absolute Gasteiger partial charge is 0.369 e. The van der Waals surface area contributed by atoms with Crippen molar-refractivity contribution < 1.29 is 13.2 Å². The van der Waals surface area contributed by atoms with Crippen LogP contribution in [0.2, 0.25) is 0 Å². The van der Waals surface area contributed by atoms with Gasteiger partial charge in [-0.15, -0.1) is 0 Å². The molecule has 0 saturated carbocycles. The van der Waals surface area contributed by atoms with Crippen molar-refractivity contribution in [2.75, 3.05) is 44.2 Å². The second-order valence-corrected chi connectivity index (χ2v) is 9.02. The molecule has 4 rings (SSSR count). The molecule has 0 aliphatic carbocycles. The number of rotatable bonds is 5. The number of anilines is 1. The normalized spacial score (nSPS) is 21.7. The van der Waals surface area contributed by atoms with E-state index in [4.69, 9.17) is 0 Å². The lowest BCUT2D eigenvalue weighted by atomic mass is 10.0.